The maximum absolute atomic E-state index is 12.7. The summed E-state index contributed by atoms with van der Waals surface area (Å²) in [6.45, 7) is 6.64. The van der Waals surface area contributed by atoms with Crippen LogP contribution in [-0.2, 0) is 18.4 Å². The molecule has 1 aliphatic heterocycles. The molecule has 1 aliphatic rings. The molecule has 0 aromatic carbocycles. The molecule has 1 saturated heterocycles. The molecule has 23 heavy (non-hydrogen) atoms. The van der Waals surface area contributed by atoms with Crippen molar-refractivity contribution in [3.8, 4) is 0 Å². The van der Waals surface area contributed by atoms with Crippen molar-refractivity contribution in [2.75, 3.05) is 4.90 Å². The molecular weight excluding hydrogens is 312 g/mol. The van der Waals surface area contributed by atoms with E-state index in [2.05, 4.69) is 15.5 Å². The number of thiocarbonyl (C=S) groups is 1. The largest absolute Gasteiger partial charge is 0.327 e. The van der Waals surface area contributed by atoms with Crippen molar-refractivity contribution in [1.29, 1.82) is 0 Å². The summed E-state index contributed by atoms with van der Waals surface area (Å²) in [5, 5.41) is 11.9. The molecule has 2 aromatic rings. The van der Waals surface area contributed by atoms with Crippen LogP contribution in [0.2, 0.25) is 0 Å². The van der Waals surface area contributed by atoms with Gasteiger partial charge in [-0.1, -0.05) is 0 Å². The third-order valence-corrected chi connectivity index (χ3v) is 4.13. The normalized spacial score (nSPS) is 16.5. The lowest BCUT2D eigenvalue weighted by Crippen LogP contribution is -2.30. The molecule has 0 unspecified atom stereocenters. The van der Waals surface area contributed by atoms with Gasteiger partial charge in [-0.2, -0.15) is 10.2 Å². The number of rotatable bonds is 3. The summed E-state index contributed by atoms with van der Waals surface area (Å²) in [6.07, 6.45) is 5.32. The smallest absolute Gasteiger partial charge is 0.281 e. The van der Waals surface area contributed by atoms with Crippen molar-refractivity contribution in [3.05, 3.63) is 35.0 Å². The molecule has 3 heterocycles. The Labute approximate surface area is 139 Å². The van der Waals surface area contributed by atoms with Gasteiger partial charge in [0.15, 0.2) is 5.11 Å². The van der Waals surface area contributed by atoms with Crippen LogP contribution >= 0.6 is 12.2 Å². The average molecular weight is 330 g/mol. The van der Waals surface area contributed by atoms with E-state index in [0.717, 1.165) is 23.5 Å². The predicted octanol–water partition coefficient (Wildman–Crippen LogP) is 1.52. The van der Waals surface area contributed by atoms with Crippen LogP contribution in [0.1, 0.15) is 23.9 Å². The van der Waals surface area contributed by atoms with Gasteiger partial charge in [0, 0.05) is 31.0 Å². The Kier molecular flexibility index (Phi) is 3.77. The highest BCUT2D eigenvalue weighted by molar-refractivity contribution is 7.80. The Morgan fingerprint density at radius 3 is 2.70 bits per heavy atom. The first-order valence-corrected chi connectivity index (χ1v) is 7.73. The number of carbonyl (C=O) groups is 1. The lowest BCUT2D eigenvalue weighted by Gasteiger charge is -2.11. The van der Waals surface area contributed by atoms with Crippen LogP contribution in [0, 0.1) is 13.8 Å². The van der Waals surface area contributed by atoms with E-state index in [1.807, 2.05) is 32.5 Å². The van der Waals surface area contributed by atoms with Crippen LogP contribution in [0.5, 0.6) is 0 Å². The lowest BCUT2D eigenvalue weighted by molar-refractivity contribution is -0.113. The molecule has 1 N–H and O–H groups in total. The van der Waals surface area contributed by atoms with Gasteiger partial charge in [-0.05, 0) is 39.1 Å². The van der Waals surface area contributed by atoms with E-state index in [0.29, 0.717) is 16.5 Å². The number of hydrogen-bond acceptors (Lipinski definition) is 4. The van der Waals surface area contributed by atoms with E-state index < -0.39 is 0 Å². The Morgan fingerprint density at radius 1 is 1.39 bits per heavy atom. The number of nitrogens with zero attached hydrogens (tertiary/aromatic N) is 5. The van der Waals surface area contributed by atoms with Gasteiger partial charge in [0.2, 0.25) is 0 Å². The standard InChI is InChI=1S/C15H18N6OS/c1-5-20-10(3)11(7-16-20)6-12-14(22)21(15(23)17-12)13-8-19(4)18-9(13)2/h6-8H,5H2,1-4H3,(H,17,23)/b12-6+. The Hall–Kier alpha value is -2.48. The van der Waals surface area contributed by atoms with E-state index in [9.17, 15) is 4.79 Å². The maximum Gasteiger partial charge on any atom is 0.281 e. The van der Waals surface area contributed by atoms with Crippen LogP contribution in [-0.4, -0.2) is 30.6 Å². The molecule has 0 aliphatic carbocycles. The average Bonchev–Trinajstić information content (AvgIpc) is 3.09. The summed E-state index contributed by atoms with van der Waals surface area (Å²) < 4.78 is 3.55. The van der Waals surface area contributed by atoms with Crippen LogP contribution in [0.25, 0.3) is 6.08 Å². The van der Waals surface area contributed by atoms with E-state index in [-0.39, 0.29) is 5.91 Å². The molecule has 0 radical (unpaired) electrons. The summed E-state index contributed by atoms with van der Waals surface area (Å²) in [5.74, 6) is -0.185. The molecule has 0 bridgehead atoms. The molecule has 2 aromatic heterocycles. The first-order chi connectivity index (χ1) is 10.9. The maximum atomic E-state index is 12.7. The number of carbonyl (C=O) groups excluding carboxylic acids is 1. The molecular formula is C15H18N6OS. The van der Waals surface area contributed by atoms with E-state index in [1.165, 1.54) is 4.90 Å². The number of nitrogens with one attached hydrogen (secondary N) is 1. The first kappa shape index (κ1) is 15.4. The van der Waals surface area contributed by atoms with Gasteiger partial charge in [-0.25, -0.2) is 4.90 Å². The van der Waals surface area contributed by atoms with Crippen molar-refractivity contribution in [2.45, 2.75) is 27.3 Å². The SMILES string of the molecule is CCn1ncc(/C=C2/NC(=S)N(c3cn(C)nc3C)C2=O)c1C. The molecule has 1 amide bonds. The van der Waals surface area contributed by atoms with Gasteiger partial charge in [0.25, 0.3) is 5.91 Å². The number of amides is 1. The molecule has 7 nitrogen and oxygen atoms in total. The third-order valence-electron chi connectivity index (χ3n) is 3.85. The topological polar surface area (TPSA) is 68.0 Å². The molecule has 1 fully saturated rings. The molecule has 8 heteroatoms. The second kappa shape index (κ2) is 5.62. The summed E-state index contributed by atoms with van der Waals surface area (Å²) in [6, 6.07) is 0. The minimum Gasteiger partial charge on any atom is -0.327 e. The third kappa shape index (κ3) is 2.55. The minimum absolute atomic E-state index is 0.185. The van der Waals surface area contributed by atoms with Gasteiger partial charge in [-0.3, -0.25) is 14.2 Å². The minimum atomic E-state index is -0.185. The summed E-state index contributed by atoms with van der Waals surface area (Å²) >= 11 is 5.32. The fraction of sp³-hybridized carbons (Fsp3) is 0.333. The van der Waals surface area contributed by atoms with Crippen molar-refractivity contribution in [1.82, 2.24) is 24.9 Å². The zero-order valence-corrected chi connectivity index (χ0v) is 14.3. The van der Waals surface area contributed by atoms with E-state index >= 15 is 0 Å². The second-order valence-corrected chi connectivity index (χ2v) is 5.79. The summed E-state index contributed by atoms with van der Waals surface area (Å²) in [4.78, 5) is 14.2. The van der Waals surface area contributed by atoms with Gasteiger partial charge in [0.05, 0.1) is 17.6 Å². The summed E-state index contributed by atoms with van der Waals surface area (Å²) in [5.41, 5.74) is 3.80. The second-order valence-electron chi connectivity index (χ2n) is 5.40. The fourth-order valence-electron chi connectivity index (χ4n) is 2.64. The van der Waals surface area contributed by atoms with Crippen LogP contribution < -0.4 is 10.2 Å². The van der Waals surface area contributed by atoms with Crippen molar-refractivity contribution in [3.63, 3.8) is 0 Å². The number of hydrogen-bond donors (Lipinski definition) is 1. The highest BCUT2D eigenvalue weighted by atomic mass is 32.1. The zero-order valence-electron chi connectivity index (χ0n) is 13.5. The molecule has 0 saturated carbocycles. The number of aryl methyl sites for hydroxylation is 3. The van der Waals surface area contributed by atoms with Gasteiger partial charge in [0.1, 0.15) is 5.70 Å². The van der Waals surface area contributed by atoms with Gasteiger partial charge >= 0.3 is 0 Å². The monoisotopic (exact) mass is 330 g/mol. The fourth-order valence-corrected chi connectivity index (χ4v) is 2.93. The number of aromatic nitrogens is 4. The van der Waals surface area contributed by atoms with Crippen molar-refractivity contribution in [2.24, 2.45) is 7.05 Å². The highest BCUT2D eigenvalue weighted by Gasteiger charge is 2.34. The Bertz CT molecular complexity index is 831. The lowest BCUT2D eigenvalue weighted by atomic mass is 10.2. The van der Waals surface area contributed by atoms with E-state index in [1.54, 1.807) is 23.2 Å². The van der Waals surface area contributed by atoms with Crippen LogP contribution in [0.4, 0.5) is 5.69 Å². The quantitative estimate of drug-likeness (QED) is 0.682. The molecule has 3 rings (SSSR count). The Balaban J connectivity index is 1.96. The number of anilines is 1. The first-order valence-electron chi connectivity index (χ1n) is 7.32. The van der Waals surface area contributed by atoms with Crippen LogP contribution in [0.15, 0.2) is 18.1 Å². The zero-order chi connectivity index (χ0) is 16.7. The predicted molar refractivity (Wildman–Crippen MR) is 91.8 cm³/mol. The van der Waals surface area contributed by atoms with Gasteiger partial charge in [-0.15, -0.1) is 0 Å². The molecule has 0 spiro atoms. The van der Waals surface area contributed by atoms with Crippen LogP contribution in [0.3, 0.4) is 0 Å². The highest BCUT2D eigenvalue weighted by Crippen LogP contribution is 2.25. The molecule has 120 valence electrons. The Morgan fingerprint density at radius 2 is 2.13 bits per heavy atom. The van der Waals surface area contributed by atoms with Crippen molar-refractivity contribution < 1.29 is 4.79 Å². The molecule has 0 atom stereocenters. The van der Waals surface area contributed by atoms with E-state index in [4.69, 9.17) is 12.2 Å². The van der Waals surface area contributed by atoms with Gasteiger partial charge < -0.3 is 5.32 Å². The summed E-state index contributed by atoms with van der Waals surface area (Å²) in [7, 11) is 1.81. The van der Waals surface area contributed by atoms with Crippen molar-refractivity contribution >= 4 is 35.0 Å².